The molecule has 1 aliphatic heterocycles. The van der Waals surface area contributed by atoms with Crippen molar-refractivity contribution in [2.24, 2.45) is 0 Å². The van der Waals surface area contributed by atoms with Crippen LogP contribution in [-0.2, 0) is 17.8 Å². The number of carbonyl (C=O) groups is 1. The number of piperazine rings is 1. The fraction of sp³-hybridized carbons (Fsp3) is 0.273. The summed E-state index contributed by atoms with van der Waals surface area (Å²) >= 11 is 0. The highest BCUT2D eigenvalue weighted by atomic mass is 16.2. The minimum Gasteiger partial charge on any atom is -0.339 e. The molecule has 0 spiro atoms. The molecule has 2 aromatic carbocycles. The van der Waals surface area contributed by atoms with E-state index in [4.69, 9.17) is 0 Å². The van der Waals surface area contributed by atoms with Gasteiger partial charge in [-0.2, -0.15) is 5.10 Å². The van der Waals surface area contributed by atoms with E-state index < -0.39 is 0 Å². The van der Waals surface area contributed by atoms with Gasteiger partial charge in [-0.05, 0) is 16.7 Å². The minimum absolute atomic E-state index is 0.164. The lowest BCUT2D eigenvalue weighted by Crippen LogP contribution is -2.48. The number of rotatable bonds is 5. The molecule has 5 nitrogen and oxygen atoms in total. The molecule has 0 bridgehead atoms. The van der Waals surface area contributed by atoms with Crippen LogP contribution in [-0.4, -0.2) is 40.2 Å². The SMILES string of the molecule is O=C(Cc1cnn(Cc2ccccc2)c1)N1CCNC(c2ccccc2)C1. The Labute approximate surface area is 159 Å². The van der Waals surface area contributed by atoms with Gasteiger partial charge in [-0.15, -0.1) is 0 Å². The van der Waals surface area contributed by atoms with Gasteiger partial charge in [0.1, 0.15) is 0 Å². The summed E-state index contributed by atoms with van der Waals surface area (Å²) in [6.07, 6.45) is 4.18. The first kappa shape index (κ1) is 17.5. The molecular weight excluding hydrogens is 336 g/mol. The van der Waals surface area contributed by atoms with Gasteiger partial charge in [0.25, 0.3) is 0 Å². The molecule has 1 unspecified atom stereocenters. The molecule has 5 heteroatoms. The quantitative estimate of drug-likeness (QED) is 0.761. The van der Waals surface area contributed by atoms with Crippen molar-refractivity contribution < 1.29 is 4.79 Å². The monoisotopic (exact) mass is 360 g/mol. The van der Waals surface area contributed by atoms with Crippen LogP contribution in [0.4, 0.5) is 0 Å². The molecular formula is C22H24N4O. The number of nitrogens with zero attached hydrogens (tertiary/aromatic N) is 3. The standard InChI is InChI=1S/C22H24N4O/c27-22(25-12-11-23-21(17-25)20-9-5-2-6-10-20)13-19-14-24-26(16-19)15-18-7-3-1-4-8-18/h1-10,14,16,21,23H,11-13,15,17H2. The number of hydrogen-bond donors (Lipinski definition) is 1. The second kappa shape index (κ2) is 8.18. The number of aromatic nitrogens is 2. The Morgan fingerprint density at radius 1 is 1.04 bits per heavy atom. The number of hydrogen-bond acceptors (Lipinski definition) is 3. The van der Waals surface area contributed by atoms with Crippen molar-refractivity contribution in [1.29, 1.82) is 0 Å². The Morgan fingerprint density at radius 2 is 1.78 bits per heavy atom. The van der Waals surface area contributed by atoms with E-state index in [0.717, 1.165) is 25.2 Å². The smallest absolute Gasteiger partial charge is 0.227 e. The van der Waals surface area contributed by atoms with Crippen LogP contribution < -0.4 is 5.32 Å². The molecule has 1 aliphatic rings. The van der Waals surface area contributed by atoms with Crippen LogP contribution in [0.1, 0.15) is 22.7 Å². The number of nitrogens with one attached hydrogen (secondary N) is 1. The second-order valence-corrected chi connectivity index (χ2v) is 6.97. The fourth-order valence-corrected chi connectivity index (χ4v) is 3.53. The van der Waals surface area contributed by atoms with Crippen LogP contribution in [0.15, 0.2) is 73.1 Å². The van der Waals surface area contributed by atoms with Crippen molar-refractivity contribution in [2.75, 3.05) is 19.6 Å². The van der Waals surface area contributed by atoms with Gasteiger partial charge in [-0.1, -0.05) is 60.7 Å². The molecule has 138 valence electrons. The van der Waals surface area contributed by atoms with Gasteiger partial charge in [-0.3, -0.25) is 9.48 Å². The Kier molecular flexibility index (Phi) is 5.30. The topological polar surface area (TPSA) is 50.2 Å². The van der Waals surface area contributed by atoms with E-state index in [2.05, 4.69) is 34.7 Å². The first-order chi connectivity index (χ1) is 13.3. The van der Waals surface area contributed by atoms with Crippen LogP contribution in [0.5, 0.6) is 0 Å². The van der Waals surface area contributed by atoms with E-state index in [0.29, 0.717) is 13.0 Å². The van der Waals surface area contributed by atoms with Crippen LogP contribution in [0, 0.1) is 0 Å². The molecule has 1 fully saturated rings. The van der Waals surface area contributed by atoms with Gasteiger partial charge in [0.2, 0.25) is 5.91 Å². The van der Waals surface area contributed by atoms with Crippen molar-refractivity contribution in [1.82, 2.24) is 20.0 Å². The zero-order valence-corrected chi connectivity index (χ0v) is 15.3. The van der Waals surface area contributed by atoms with Crippen molar-refractivity contribution in [3.63, 3.8) is 0 Å². The van der Waals surface area contributed by atoms with Crippen molar-refractivity contribution in [2.45, 2.75) is 19.0 Å². The zero-order chi connectivity index (χ0) is 18.5. The zero-order valence-electron chi connectivity index (χ0n) is 15.3. The maximum Gasteiger partial charge on any atom is 0.227 e. The molecule has 2 heterocycles. The second-order valence-electron chi connectivity index (χ2n) is 6.97. The normalized spacial score (nSPS) is 17.0. The number of amides is 1. The average Bonchev–Trinajstić information content (AvgIpc) is 3.16. The highest BCUT2D eigenvalue weighted by Gasteiger charge is 2.24. The van der Waals surface area contributed by atoms with Crippen molar-refractivity contribution >= 4 is 5.91 Å². The molecule has 1 saturated heterocycles. The molecule has 27 heavy (non-hydrogen) atoms. The average molecular weight is 360 g/mol. The van der Waals surface area contributed by atoms with Gasteiger partial charge in [0, 0.05) is 31.9 Å². The van der Waals surface area contributed by atoms with E-state index >= 15 is 0 Å². The molecule has 4 rings (SSSR count). The van der Waals surface area contributed by atoms with Crippen molar-refractivity contribution in [3.8, 4) is 0 Å². The highest BCUT2D eigenvalue weighted by Crippen LogP contribution is 2.17. The molecule has 1 aromatic heterocycles. The Hall–Kier alpha value is -2.92. The van der Waals surface area contributed by atoms with Crippen LogP contribution in [0.2, 0.25) is 0 Å². The summed E-state index contributed by atoms with van der Waals surface area (Å²) in [6.45, 7) is 3.00. The van der Waals surface area contributed by atoms with Gasteiger partial charge in [0.05, 0.1) is 19.2 Å². The third kappa shape index (κ3) is 4.44. The van der Waals surface area contributed by atoms with Gasteiger partial charge < -0.3 is 10.2 Å². The maximum absolute atomic E-state index is 12.8. The predicted octanol–water partition coefficient (Wildman–Crippen LogP) is 2.65. The summed E-state index contributed by atoms with van der Waals surface area (Å²) in [5, 5.41) is 7.91. The van der Waals surface area contributed by atoms with Crippen LogP contribution in [0.25, 0.3) is 0 Å². The molecule has 1 amide bonds. The summed E-state index contributed by atoms with van der Waals surface area (Å²) in [5.74, 6) is 0.164. The highest BCUT2D eigenvalue weighted by molar-refractivity contribution is 5.78. The third-order valence-electron chi connectivity index (χ3n) is 4.96. The van der Waals surface area contributed by atoms with Crippen LogP contribution in [0.3, 0.4) is 0 Å². The van der Waals surface area contributed by atoms with E-state index in [1.165, 1.54) is 11.1 Å². The molecule has 3 aromatic rings. The first-order valence-electron chi connectivity index (χ1n) is 9.39. The lowest BCUT2D eigenvalue weighted by Gasteiger charge is -2.34. The van der Waals surface area contributed by atoms with E-state index in [9.17, 15) is 4.79 Å². The summed E-state index contributed by atoms with van der Waals surface area (Å²) in [6, 6.07) is 20.7. The van der Waals surface area contributed by atoms with E-state index in [1.54, 1.807) is 6.20 Å². The maximum atomic E-state index is 12.8. The fourth-order valence-electron chi connectivity index (χ4n) is 3.53. The van der Waals surface area contributed by atoms with Crippen LogP contribution >= 0.6 is 0 Å². The van der Waals surface area contributed by atoms with E-state index in [-0.39, 0.29) is 11.9 Å². The molecule has 1 atom stereocenters. The summed E-state index contributed by atoms with van der Waals surface area (Å²) < 4.78 is 1.89. The third-order valence-corrected chi connectivity index (χ3v) is 4.96. The Balaban J connectivity index is 1.36. The van der Waals surface area contributed by atoms with Gasteiger partial charge >= 0.3 is 0 Å². The summed E-state index contributed by atoms with van der Waals surface area (Å²) in [4.78, 5) is 14.7. The van der Waals surface area contributed by atoms with E-state index in [1.807, 2.05) is 52.2 Å². The molecule has 0 aliphatic carbocycles. The number of benzene rings is 2. The van der Waals surface area contributed by atoms with Crippen molar-refractivity contribution in [3.05, 3.63) is 89.7 Å². The lowest BCUT2D eigenvalue weighted by atomic mass is 10.0. The Morgan fingerprint density at radius 3 is 2.56 bits per heavy atom. The largest absolute Gasteiger partial charge is 0.339 e. The summed E-state index contributed by atoms with van der Waals surface area (Å²) in [5.41, 5.74) is 3.39. The van der Waals surface area contributed by atoms with Gasteiger partial charge in [-0.25, -0.2) is 0 Å². The number of carbonyl (C=O) groups excluding carboxylic acids is 1. The summed E-state index contributed by atoms with van der Waals surface area (Å²) in [7, 11) is 0. The Bertz CT molecular complexity index is 876. The molecule has 1 N–H and O–H groups in total. The lowest BCUT2D eigenvalue weighted by molar-refractivity contribution is -0.131. The molecule has 0 radical (unpaired) electrons. The predicted molar refractivity (Wildman–Crippen MR) is 105 cm³/mol. The first-order valence-corrected chi connectivity index (χ1v) is 9.39. The van der Waals surface area contributed by atoms with Gasteiger partial charge in [0.15, 0.2) is 0 Å². The molecule has 0 saturated carbocycles. The minimum atomic E-state index is 0.164.